The molecule has 0 amide bonds. The summed E-state index contributed by atoms with van der Waals surface area (Å²) in [5.41, 5.74) is 5.36. The van der Waals surface area contributed by atoms with Crippen LogP contribution in [0.4, 0.5) is 0 Å². The van der Waals surface area contributed by atoms with Crippen LogP contribution >= 0.6 is 11.8 Å². The van der Waals surface area contributed by atoms with Crippen molar-refractivity contribution in [2.45, 2.75) is 37.3 Å². The lowest BCUT2D eigenvalue weighted by Crippen LogP contribution is -2.56. The highest BCUT2D eigenvalue weighted by Gasteiger charge is 2.23. The van der Waals surface area contributed by atoms with Crippen LogP contribution in [0.3, 0.4) is 0 Å². The molecule has 2 aromatic rings. The number of benzene rings is 1. The van der Waals surface area contributed by atoms with Gasteiger partial charge in [-0.05, 0) is 12.0 Å². The molecule has 3 N–H and O–H groups in total. The Morgan fingerprint density at radius 2 is 2.00 bits per heavy atom. The average Bonchev–Trinajstić information content (AvgIpc) is 2.93. The van der Waals surface area contributed by atoms with Crippen LogP contribution in [-0.2, 0) is 5.75 Å². The van der Waals surface area contributed by atoms with Gasteiger partial charge in [-0.3, -0.25) is 0 Å². The zero-order valence-corrected chi connectivity index (χ0v) is 12.2. The molecule has 2 rings (SSSR count). The fourth-order valence-corrected chi connectivity index (χ4v) is 2.40. The summed E-state index contributed by atoms with van der Waals surface area (Å²) in [5.74, 6) is 1.94. The molecule has 0 bridgehead atoms. The first-order valence-electron chi connectivity index (χ1n) is 6.54. The first kappa shape index (κ1) is 14.1. The van der Waals surface area contributed by atoms with Crippen molar-refractivity contribution in [2.75, 3.05) is 0 Å². The van der Waals surface area contributed by atoms with E-state index in [-0.39, 0.29) is 6.04 Å². The Morgan fingerprint density at radius 3 is 2.68 bits per heavy atom. The Hall–Kier alpha value is -1.33. The fourth-order valence-electron chi connectivity index (χ4n) is 1.68. The van der Waals surface area contributed by atoms with Crippen molar-refractivity contribution in [3.8, 4) is 0 Å². The van der Waals surface area contributed by atoms with Gasteiger partial charge in [-0.25, -0.2) is 0 Å². The summed E-state index contributed by atoms with van der Waals surface area (Å²) in [6, 6.07) is 10.3. The van der Waals surface area contributed by atoms with Crippen LogP contribution in [-0.4, -0.2) is 10.2 Å². The number of thioether (sulfide) groups is 1. The summed E-state index contributed by atoms with van der Waals surface area (Å²) < 4.78 is 5.67. The van der Waals surface area contributed by atoms with Crippen LogP contribution in [0, 0.1) is 5.92 Å². The monoisotopic (exact) mass is 278 g/mol. The van der Waals surface area contributed by atoms with E-state index in [1.165, 1.54) is 5.56 Å². The first-order valence-corrected chi connectivity index (χ1v) is 7.52. The van der Waals surface area contributed by atoms with Crippen LogP contribution in [0.2, 0.25) is 0 Å². The van der Waals surface area contributed by atoms with Gasteiger partial charge in [-0.2, -0.15) is 0 Å². The lowest BCUT2D eigenvalue weighted by Gasteiger charge is -2.09. The minimum absolute atomic E-state index is 0.0728. The predicted octanol–water partition coefficient (Wildman–Crippen LogP) is 2.69. The minimum Gasteiger partial charge on any atom is -0.410 e. The summed E-state index contributed by atoms with van der Waals surface area (Å²) >= 11 is 1.56. The molecule has 0 saturated heterocycles. The average molecular weight is 278 g/mol. The molecule has 0 aliphatic heterocycles. The second-order valence-corrected chi connectivity index (χ2v) is 5.60. The quantitative estimate of drug-likeness (QED) is 0.825. The van der Waals surface area contributed by atoms with Gasteiger partial charge in [0.15, 0.2) is 6.04 Å². The van der Waals surface area contributed by atoms with Crippen LogP contribution in [0.25, 0.3) is 0 Å². The fraction of sp³-hybridized carbons (Fsp3) is 0.429. The lowest BCUT2D eigenvalue weighted by atomic mass is 10.0. The third kappa shape index (κ3) is 3.81. The van der Waals surface area contributed by atoms with E-state index in [0.29, 0.717) is 17.0 Å². The van der Waals surface area contributed by atoms with E-state index < -0.39 is 0 Å². The molecular weight excluding hydrogens is 258 g/mol. The van der Waals surface area contributed by atoms with Gasteiger partial charge in [0.05, 0.1) is 0 Å². The van der Waals surface area contributed by atoms with E-state index >= 15 is 0 Å². The van der Waals surface area contributed by atoms with E-state index in [1.807, 2.05) is 18.2 Å². The van der Waals surface area contributed by atoms with Crippen molar-refractivity contribution in [2.24, 2.45) is 5.92 Å². The Morgan fingerprint density at radius 1 is 1.26 bits per heavy atom. The summed E-state index contributed by atoms with van der Waals surface area (Å²) in [6.07, 6.45) is 1.06. The molecule has 19 heavy (non-hydrogen) atoms. The van der Waals surface area contributed by atoms with Crippen LogP contribution < -0.4 is 5.73 Å². The molecule has 0 radical (unpaired) electrons. The largest absolute Gasteiger partial charge is 0.410 e. The van der Waals surface area contributed by atoms with Gasteiger partial charge in [0, 0.05) is 11.7 Å². The second kappa shape index (κ2) is 6.73. The second-order valence-electron chi connectivity index (χ2n) is 4.67. The van der Waals surface area contributed by atoms with E-state index in [4.69, 9.17) is 4.42 Å². The van der Waals surface area contributed by atoms with Crippen molar-refractivity contribution in [3.05, 3.63) is 41.8 Å². The number of quaternary nitrogens is 1. The Balaban J connectivity index is 1.94. The Labute approximate surface area is 117 Å². The maximum absolute atomic E-state index is 5.67. The van der Waals surface area contributed by atoms with Crippen molar-refractivity contribution in [3.63, 3.8) is 0 Å². The standard InChI is InChI=1S/C14H19N3OS/c1-3-10(2)12(15)13-16-17-14(18-13)19-9-11-7-5-4-6-8-11/h4-8,10,12H,3,9,15H2,1-2H3/p+1/t10-,12+/m1/s1. The summed E-state index contributed by atoms with van der Waals surface area (Å²) in [7, 11) is 0. The molecule has 4 nitrogen and oxygen atoms in total. The van der Waals surface area contributed by atoms with E-state index in [1.54, 1.807) is 11.8 Å². The van der Waals surface area contributed by atoms with Crippen molar-refractivity contribution in [1.29, 1.82) is 0 Å². The zero-order chi connectivity index (χ0) is 13.7. The van der Waals surface area contributed by atoms with Crippen LogP contribution in [0.1, 0.15) is 37.8 Å². The van der Waals surface area contributed by atoms with Gasteiger partial charge in [0.25, 0.3) is 11.1 Å². The molecule has 0 fully saturated rings. The zero-order valence-electron chi connectivity index (χ0n) is 11.4. The topological polar surface area (TPSA) is 66.6 Å². The first-order chi connectivity index (χ1) is 9.20. The number of hydrogen-bond donors (Lipinski definition) is 1. The lowest BCUT2D eigenvalue weighted by molar-refractivity contribution is -0.444. The molecular formula is C14H20N3OS+. The molecule has 5 heteroatoms. The SMILES string of the molecule is CC[C@@H](C)[C@H]([NH3+])c1nnc(SCc2ccccc2)o1. The molecule has 102 valence electrons. The highest BCUT2D eigenvalue weighted by Crippen LogP contribution is 2.25. The third-order valence-corrected chi connectivity index (χ3v) is 4.16. The molecule has 2 atom stereocenters. The van der Waals surface area contributed by atoms with Gasteiger partial charge >= 0.3 is 0 Å². The normalized spacial score (nSPS) is 14.3. The van der Waals surface area contributed by atoms with Gasteiger partial charge < -0.3 is 10.2 Å². The third-order valence-electron chi connectivity index (χ3n) is 3.28. The van der Waals surface area contributed by atoms with Crippen molar-refractivity contribution < 1.29 is 10.2 Å². The van der Waals surface area contributed by atoms with E-state index in [9.17, 15) is 0 Å². The molecule has 0 aliphatic carbocycles. The Kier molecular flexibility index (Phi) is 4.99. The molecule has 0 unspecified atom stereocenters. The van der Waals surface area contributed by atoms with Gasteiger partial charge in [0.2, 0.25) is 0 Å². The molecule has 0 aliphatic rings. The van der Waals surface area contributed by atoms with Crippen molar-refractivity contribution in [1.82, 2.24) is 10.2 Å². The van der Waals surface area contributed by atoms with Gasteiger partial charge in [-0.15, -0.1) is 10.2 Å². The summed E-state index contributed by atoms with van der Waals surface area (Å²) in [5, 5.41) is 8.79. The molecule has 1 aromatic heterocycles. The highest BCUT2D eigenvalue weighted by atomic mass is 32.2. The van der Waals surface area contributed by atoms with E-state index in [2.05, 4.69) is 41.9 Å². The smallest absolute Gasteiger partial charge is 0.277 e. The van der Waals surface area contributed by atoms with E-state index in [0.717, 1.165) is 12.2 Å². The minimum atomic E-state index is 0.0728. The molecule has 1 aromatic carbocycles. The maximum atomic E-state index is 5.67. The van der Waals surface area contributed by atoms with Crippen molar-refractivity contribution >= 4 is 11.8 Å². The Bertz CT molecular complexity index is 500. The van der Waals surface area contributed by atoms with Gasteiger partial charge in [-0.1, -0.05) is 55.9 Å². The summed E-state index contributed by atoms with van der Waals surface area (Å²) in [6.45, 7) is 4.29. The van der Waals surface area contributed by atoms with Gasteiger partial charge in [0.1, 0.15) is 0 Å². The number of aromatic nitrogens is 2. The predicted molar refractivity (Wildman–Crippen MR) is 75.4 cm³/mol. The number of rotatable bonds is 6. The van der Waals surface area contributed by atoms with Crippen LogP contribution in [0.5, 0.6) is 0 Å². The maximum Gasteiger partial charge on any atom is 0.277 e. The summed E-state index contributed by atoms with van der Waals surface area (Å²) in [4.78, 5) is 0. The number of nitrogens with zero attached hydrogens (tertiary/aromatic N) is 2. The molecule has 1 heterocycles. The molecule has 0 spiro atoms. The number of hydrogen-bond acceptors (Lipinski definition) is 4. The highest BCUT2D eigenvalue weighted by molar-refractivity contribution is 7.98. The van der Waals surface area contributed by atoms with Crippen LogP contribution in [0.15, 0.2) is 40.0 Å². The molecule has 0 saturated carbocycles.